The zero-order chi connectivity index (χ0) is 25.5. The van der Waals surface area contributed by atoms with Gasteiger partial charge in [0.05, 0.1) is 28.0 Å². The average molecular weight is 521 g/mol. The summed E-state index contributed by atoms with van der Waals surface area (Å²) in [5, 5.41) is 23.3. The number of thiophene rings is 1. The highest BCUT2D eigenvalue weighted by atomic mass is 32.1. The Bertz CT molecular complexity index is 1410. The quantitative estimate of drug-likeness (QED) is 0.137. The lowest BCUT2D eigenvalue weighted by Gasteiger charge is -2.07. The SMILES string of the molecule is CCCCOc1ccc(-c2nc(NC(=O)c3ccc([N+](=O)[O-])s3)sc2Oc2ccc(C#N)cc2)cc1. The van der Waals surface area contributed by atoms with Crippen LogP contribution < -0.4 is 14.8 Å². The Balaban J connectivity index is 1.60. The van der Waals surface area contributed by atoms with Gasteiger partial charge in [-0.1, -0.05) is 36.0 Å². The fourth-order valence-electron chi connectivity index (χ4n) is 3.07. The van der Waals surface area contributed by atoms with E-state index in [-0.39, 0.29) is 15.0 Å². The highest BCUT2D eigenvalue weighted by Gasteiger charge is 2.20. The van der Waals surface area contributed by atoms with Crippen molar-refractivity contribution in [3.63, 3.8) is 0 Å². The van der Waals surface area contributed by atoms with Crippen LogP contribution in [0.3, 0.4) is 0 Å². The number of carbonyl (C=O) groups is 1. The number of anilines is 1. The first-order valence-corrected chi connectivity index (χ1v) is 12.6. The van der Waals surface area contributed by atoms with Crippen molar-refractivity contribution in [1.82, 2.24) is 4.98 Å². The number of thiazole rings is 1. The van der Waals surface area contributed by atoms with Gasteiger partial charge in [-0.3, -0.25) is 20.2 Å². The molecule has 1 N–H and O–H groups in total. The zero-order valence-corrected chi connectivity index (χ0v) is 20.7. The van der Waals surface area contributed by atoms with Crippen LogP contribution in [-0.4, -0.2) is 22.4 Å². The molecule has 0 aliphatic rings. The molecule has 0 saturated carbocycles. The lowest BCUT2D eigenvalue weighted by Crippen LogP contribution is -2.09. The molecule has 182 valence electrons. The molecule has 0 atom stereocenters. The Kier molecular flexibility index (Phi) is 7.89. The molecule has 0 saturated heterocycles. The van der Waals surface area contributed by atoms with E-state index in [1.54, 1.807) is 24.3 Å². The Morgan fingerprint density at radius 2 is 1.81 bits per heavy atom. The van der Waals surface area contributed by atoms with E-state index in [1.165, 1.54) is 12.1 Å². The predicted molar refractivity (Wildman–Crippen MR) is 138 cm³/mol. The van der Waals surface area contributed by atoms with Crippen molar-refractivity contribution < 1.29 is 19.2 Å². The molecule has 2 aromatic heterocycles. The van der Waals surface area contributed by atoms with Gasteiger partial charge in [-0.15, -0.1) is 0 Å². The maximum atomic E-state index is 12.7. The number of nitriles is 1. The number of hydrogen-bond acceptors (Lipinski definition) is 9. The number of ether oxygens (including phenoxy) is 2. The Morgan fingerprint density at radius 3 is 2.44 bits per heavy atom. The Morgan fingerprint density at radius 1 is 1.08 bits per heavy atom. The number of unbranched alkanes of at least 4 members (excludes halogenated alkanes) is 1. The highest BCUT2D eigenvalue weighted by Crippen LogP contribution is 2.41. The number of rotatable bonds is 10. The van der Waals surface area contributed by atoms with Crippen molar-refractivity contribution in [1.29, 1.82) is 5.26 Å². The first-order chi connectivity index (χ1) is 17.5. The fraction of sp³-hybridized carbons (Fsp3) is 0.160. The summed E-state index contributed by atoms with van der Waals surface area (Å²) in [5.41, 5.74) is 1.77. The minimum Gasteiger partial charge on any atom is -0.494 e. The number of nitro groups is 1. The van der Waals surface area contributed by atoms with Gasteiger partial charge in [0.1, 0.15) is 17.2 Å². The molecule has 0 radical (unpaired) electrons. The summed E-state index contributed by atoms with van der Waals surface area (Å²) in [7, 11) is 0. The van der Waals surface area contributed by atoms with Crippen LogP contribution in [0.25, 0.3) is 11.3 Å². The van der Waals surface area contributed by atoms with Crippen LogP contribution in [0.2, 0.25) is 0 Å². The van der Waals surface area contributed by atoms with Crippen LogP contribution in [-0.2, 0) is 0 Å². The van der Waals surface area contributed by atoms with Gasteiger partial charge in [-0.25, -0.2) is 4.98 Å². The molecule has 11 heteroatoms. The van der Waals surface area contributed by atoms with Gasteiger partial charge >= 0.3 is 5.00 Å². The second-order valence-electron chi connectivity index (χ2n) is 7.47. The van der Waals surface area contributed by atoms with E-state index in [4.69, 9.17) is 14.7 Å². The van der Waals surface area contributed by atoms with E-state index in [9.17, 15) is 14.9 Å². The van der Waals surface area contributed by atoms with E-state index in [0.29, 0.717) is 28.7 Å². The molecule has 0 aliphatic heterocycles. The highest BCUT2D eigenvalue weighted by molar-refractivity contribution is 7.19. The normalized spacial score (nSPS) is 10.4. The first-order valence-electron chi connectivity index (χ1n) is 10.9. The largest absolute Gasteiger partial charge is 0.494 e. The van der Waals surface area contributed by atoms with Gasteiger partial charge in [0.2, 0.25) is 5.06 Å². The summed E-state index contributed by atoms with van der Waals surface area (Å²) in [5.74, 6) is 0.743. The molecule has 0 aliphatic carbocycles. The third-order valence-corrected chi connectivity index (χ3v) is 6.78. The molecular weight excluding hydrogens is 500 g/mol. The summed E-state index contributed by atoms with van der Waals surface area (Å²) < 4.78 is 11.8. The molecular formula is C25H20N4O5S2. The van der Waals surface area contributed by atoms with Crippen LogP contribution in [0, 0.1) is 21.4 Å². The smallest absolute Gasteiger partial charge is 0.324 e. The fourth-order valence-corrected chi connectivity index (χ4v) is 4.64. The van der Waals surface area contributed by atoms with E-state index in [1.807, 2.05) is 24.3 Å². The average Bonchev–Trinajstić information content (AvgIpc) is 3.53. The number of nitrogens with one attached hydrogen (secondary N) is 1. The first kappa shape index (κ1) is 24.8. The summed E-state index contributed by atoms with van der Waals surface area (Å²) in [6.45, 7) is 2.73. The summed E-state index contributed by atoms with van der Waals surface area (Å²) >= 11 is 1.91. The van der Waals surface area contributed by atoms with Gasteiger partial charge < -0.3 is 9.47 Å². The second-order valence-corrected chi connectivity index (χ2v) is 9.49. The minimum absolute atomic E-state index is 0.119. The lowest BCUT2D eigenvalue weighted by atomic mass is 10.1. The van der Waals surface area contributed by atoms with Crippen LogP contribution in [0.5, 0.6) is 16.6 Å². The molecule has 2 aromatic carbocycles. The van der Waals surface area contributed by atoms with Gasteiger partial charge in [0.25, 0.3) is 5.91 Å². The van der Waals surface area contributed by atoms with Gasteiger partial charge in [-0.05, 0) is 61.0 Å². The summed E-state index contributed by atoms with van der Waals surface area (Å²) in [4.78, 5) is 27.8. The number of aromatic nitrogens is 1. The number of benzene rings is 2. The van der Waals surface area contributed by atoms with Crippen molar-refractivity contribution in [3.8, 4) is 33.9 Å². The van der Waals surface area contributed by atoms with E-state index < -0.39 is 10.8 Å². The molecule has 2 heterocycles. The third kappa shape index (κ3) is 6.04. The van der Waals surface area contributed by atoms with Crippen LogP contribution in [0.4, 0.5) is 10.1 Å². The van der Waals surface area contributed by atoms with Crippen LogP contribution >= 0.6 is 22.7 Å². The van der Waals surface area contributed by atoms with E-state index in [0.717, 1.165) is 46.8 Å². The van der Waals surface area contributed by atoms with E-state index in [2.05, 4.69) is 23.3 Å². The number of hydrogen-bond donors (Lipinski definition) is 1. The number of nitrogens with zero attached hydrogens (tertiary/aromatic N) is 3. The van der Waals surface area contributed by atoms with Crippen molar-refractivity contribution >= 4 is 38.7 Å². The molecule has 0 fully saturated rings. The minimum atomic E-state index is -0.540. The predicted octanol–water partition coefficient (Wildman–Crippen LogP) is 6.87. The molecule has 0 unspecified atom stereocenters. The third-order valence-electron chi connectivity index (χ3n) is 4.90. The van der Waals surface area contributed by atoms with Crippen LogP contribution in [0.15, 0.2) is 60.7 Å². The maximum Gasteiger partial charge on any atom is 0.324 e. The monoisotopic (exact) mass is 520 g/mol. The van der Waals surface area contributed by atoms with Gasteiger partial charge in [-0.2, -0.15) is 5.26 Å². The van der Waals surface area contributed by atoms with Crippen molar-refractivity contribution in [2.75, 3.05) is 11.9 Å². The summed E-state index contributed by atoms with van der Waals surface area (Å²) in [6.07, 6.45) is 2.01. The number of amides is 1. The maximum absolute atomic E-state index is 12.7. The number of carbonyl (C=O) groups excluding carboxylic acids is 1. The lowest BCUT2D eigenvalue weighted by molar-refractivity contribution is -0.380. The molecule has 4 rings (SSSR count). The van der Waals surface area contributed by atoms with Crippen molar-refractivity contribution in [3.05, 3.63) is 81.2 Å². The second kappa shape index (κ2) is 11.4. The van der Waals surface area contributed by atoms with Crippen molar-refractivity contribution in [2.45, 2.75) is 19.8 Å². The standard InChI is InChI=1S/C25H20N4O5S2/c1-2-3-14-33-18-10-6-17(7-11-18)22-24(34-19-8-4-16(15-26)5-9-19)36-25(27-22)28-23(30)20-12-13-21(35-20)29(31)32/h4-13H,2-3,14H2,1H3,(H,27,28,30). The molecule has 1 amide bonds. The molecule has 0 spiro atoms. The Hall–Kier alpha value is -4.27. The van der Waals surface area contributed by atoms with Crippen molar-refractivity contribution in [2.24, 2.45) is 0 Å². The summed E-state index contributed by atoms with van der Waals surface area (Å²) in [6, 6.07) is 18.8. The van der Waals surface area contributed by atoms with Crippen LogP contribution in [0.1, 0.15) is 35.0 Å². The zero-order valence-electron chi connectivity index (χ0n) is 19.1. The molecule has 0 bridgehead atoms. The molecule has 9 nitrogen and oxygen atoms in total. The Labute approximate surface area is 214 Å². The molecule has 36 heavy (non-hydrogen) atoms. The van der Waals surface area contributed by atoms with Gasteiger partial charge in [0, 0.05) is 11.6 Å². The van der Waals surface area contributed by atoms with Gasteiger partial charge in [0.15, 0.2) is 5.13 Å². The van der Waals surface area contributed by atoms with E-state index >= 15 is 0 Å². The molecule has 4 aromatic rings. The topological polar surface area (TPSA) is 127 Å².